The zero-order valence-corrected chi connectivity index (χ0v) is 19.4. The number of halogens is 2. The molecule has 1 unspecified atom stereocenters. The zero-order valence-electron chi connectivity index (χ0n) is 18.5. The third kappa shape index (κ3) is 4.92. The predicted molar refractivity (Wildman–Crippen MR) is 129 cm³/mol. The standard InChI is InChI=1S/C26H22F2N2O3S/c1-16(18-6-4-3-5-7-18)30-25(31)22(29-26(30)34)13-17-8-10-23(32-2)19(12-17)15-33-24-11-9-20(27)14-21(24)28/h3-14,16H,15H2,1-2H3,(H,29,34)/b22-13-. The van der Waals surface area contributed by atoms with Crippen molar-refractivity contribution in [2.24, 2.45) is 0 Å². The average Bonchev–Trinajstić information content (AvgIpc) is 3.11. The number of carbonyl (C=O) groups excluding carboxylic acids is 1. The van der Waals surface area contributed by atoms with Gasteiger partial charge in [0, 0.05) is 11.6 Å². The summed E-state index contributed by atoms with van der Waals surface area (Å²) >= 11 is 5.42. The highest BCUT2D eigenvalue weighted by atomic mass is 32.1. The Balaban J connectivity index is 1.55. The van der Waals surface area contributed by atoms with Gasteiger partial charge in [-0.2, -0.15) is 0 Å². The lowest BCUT2D eigenvalue weighted by molar-refractivity contribution is -0.123. The van der Waals surface area contributed by atoms with Gasteiger partial charge in [0.25, 0.3) is 5.91 Å². The van der Waals surface area contributed by atoms with Crippen molar-refractivity contribution < 1.29 is 23.0 Å². The maximum atomic E-state index is 13.9. The van der Waals surface area contributed by atoms with Crippen molar-refractivity contribution >= 4 is 29.3 Å². The summed E-state index contributed by atoms with van der Waals surface area (Å²) in [5.41, 5.74) is 2.64. The maximum Gasteiger partial charge on any atom is 0.277 e. The predicted octanol–water partition coefficient (Wildman–Crippen LogP) is 5.37. The van der Waals surface area contributed by atoms with Gasteiger partial charge in [0.15, 0.2) is 16.7 Å². The van der Waals surface area contributed by atoms with Crippen molar-refractivity contribution in [1.29, 1.82) is 0 Å². The highest BCUT2D eigenvalue weighted by Gasteiger charge is 2.34. The van der Waals surface area contributed by atoms with E-state index in [4.69, 9.17) is 21.7 Å². The van der Waals surface area contributed by atoms with Crippen molar-refractivity contribution in [3.05, 3.63) is 101 Å². The number of carbonyl (C=O) groups is 1. The van der Waals surface area contributed by atoms with Crippen molar-refractivity contribution in [3.63, 3.8) is 0 Å². The Labute approximate surface area is 201 Å². The molecule has 0 spiro atoms. The fraction of sp³-hybridized carbons (Fsp3) is 0.154. The smallest absolute Gasteiger partial charge is 0.277 e. The second kappa shape index (κ2) is 10.0. The molecule has 1 amide bonds. The number of thiocarbonyl (C=S) groups is 1. The van der Waals surface area contributed by atoms with Crippen molar-refractivity contribution in [2.75, 3.05) is 7.11 Å². The SMILES string of the molecule is COc1ccc(/C=C2\NC(=S)N(C(C)c3ccccc3)C2=O)cc1COc1ccc(F)cc1F. The van der Waals surface area contributed by atoms with E-state index in [-0.39, 0.29) is 24.3 Å². The Hall–Kier alpha value is -3.78. The highest BCUT2D eigenvalue weighted by Crippen LogP contribution is 2.28. The molecule has 0 aliphatic carbocycles. The first-order valence-electron chi connectivity index (χ1n) is 10.5. The normalized spacial score (nSPS) is 15.4. The monoisotopic (exact) mass is 480 g/mol. The molecule has 0 saturated carbocycles. The van der Waals surface area contributed by atoms with E-state index in [1.54, 1.807) is 29.2 Å². The van der Waals surface area contributed by atoms with Gasteiger partial charge in [-0.15, -0.1) is 0 Å². The van der Waals surface area contributed by atoms with Crippen LogP contribution in [0.2, 0.25) is 0 Å². The number of nitrogens with zero attached hydrogens (tertiary/aromatic N) is 1. The number of hydrogen-bond acceptors (Lipinski definition) is 4. The molecule has 1 aliphatic rings. The van der Waals surface area contributed by atoms with Crippen LogP contribution in [0.5, 0.6) is 11.5 Å². The molecule has 0 bridgehead atoms. The maximum absolute atomic E-state index is 13.9. The van der Waals surface area contributed by atoms with Gasteiger partial charge in [-0.05, 0) is 60.6 Å². The summed E-state index contributed by atoms with van der Waals surface area (Å²) in [5.74, 6) is -1.25. The van der Waals surface area contributed by atoms with Gasteiger partial charge in [0.05, 0.1) is 13.2 Å². The van der Waals surface area contributed by atoms with E-state index >= 15 is 0 Å². The molecule has 4 rings (SSSR count). The van der Waals surface area contributed by atoms with Gasteiger partial charge < -0.3 is 14.8 Å². The van der Waals surface area contributed by atoms with Gasteiger partial charge in [-0.1, -0.05) is 36.4 Å². The zero-order chi connectivity index (χ0) is 24.2. The molecule has 174 valence electrons. The summed E-state index contributed by atoms with van der Waals surface area (Å²) in [6.07, 6.45) is 1.69. The number of ether oxygens (including phenoxy) is 2. The van der Waals surface area contributed by atoms with E-state index < -0.39 is 11.6 Å². The van der Waals surface area contributed by atoms with E-state index in [1.807, 2.05) is 37.3 Å². The first-order chi connectivity index (χ1) is 16.4. The van der Waals surface area contributed by atoms with Gasteiger partial charge >= 0.3 is 0 Å². The number of amides is 1. The second-order valence-corrected chi connectivity index (χ2v) is 8.07. The van der Waals surface area contributed by atoms with Gasteiger partial charge in [0.2, 0.25) is 0 Å². The van der Waals surface area contributed by atoms with Gasteiger partial charge in [-0.3, -0.25) is 9.69 Å². The Bertz CT molecular complexity index is 1260. The Morgan fingerprint density at radius 3 is 2.50 bits per heavy atom. The van der Waals surface area contributed by atoms with Crippen LogP contribution < -0.4 is 14.8 Å². The number of methoxy groups -OCH3 is 1. The van der Waals surface area contributed by atoms with Crippen molar-refractivity contribution in [3.8, 4) is 11.5 Å². The van der Waals surface area contributed by atoms with Gasteiger partial charge in [-0.25, -0.2) is 8.78 Å². The second-order valence-electron chi connectivity index (χ2n) is 7.68. The first-order valence-corrected chi connectivity index (χ1v) is 10.9. The third-order valence-electron chi connectivity index (χ3n) is 5.47. The van der Waals surface area contributed by atoms with E-state index in [9.17, 15) is 13.6 Å². The van der Waals surface area contributed by atoms with Crippen LogP contribution in [0.1, 0.15) is 29.7 Å². The molecule has 1 aliphatic heterocycles. The Morgan fingerprint density at radius 1 is 1.06 bits per heavy atom. The molecule has 1 saturated heterocycles. The van der Waals surface area contributed by atoms with Crippen molar-refractivity contribution in [2.45, 2.75) is 19.6 Å². The van der Waals surface area contributed by atoms with Crippen LogP contribution in [0.15, 0.2) is 72.4 Å². The van der Waals surface area contributed by atoms with E-state index in [1.165, 1.54) is 13.2 Å². The lowest BCUT2D eigenvalue weighted by Gasteiger charge is -2.23. The summed E-state index contributed by atoms with van der Waals surface area (Å²) in [5, 5.41) is 3.32. The van der Waals surface area contributed by atoms with Crippen LogP contribution in [0.3, 0.4) is 0 Å². The minimum Gasteiger partial charge on any atom is -0.496 e. The lowest BCUT2D eigenvalue weighted by atomic mass is 10.1. The number of nitrogens with one attached hydrogen (secondary N) is 1. The number of rotatable bonds is 7. The molecule has 1 fully saturated rings. The summed E-state index contributed by atoms with van der Waals surface area (Å²) in [7, 11) is 1.51. The van der Waals surface area contributed by atoms with E-state index in [0.29, 0.717) is 27.7 Å². The topological polar surface area (TPSA) is 50.8 Å². The van der Waals surface area contributed by atoms with Crippen LogP contribution in [0.25, 0.3) is 6.08 Å². The summed E-state index contributed by atoms with van der Waals surface area (Å²) in [6, 6.07) is 17.8. The number of hydrogen-bond donors (Lipinski definition) is 1. The largest absolute Gasteiger partial charge is 0.496 e. The molecule has 3 aromatic carbocycles. The highest BCUT2D eigenvalue weighted by molar-refractivity contribution is 7.80. The van der Waals surface area contributed by atoms with Crippen LogP contribution >= 0.6 is 12.2 Å². The Morgan fingerprint density at radius 2 is 1.79 bits per heavy atom. The molecule has 1 heterocycles. The summed E-state index contributed by atoms with van der Waals surface area (Å²) in [6.45, 7) is 1.90. The minimum absolute atomic E-state index is 0.0142. The summed E-state index contributed by atoms with van der Waals surface area (Å²) < 4.78 is 38.0. The van der Waals surface area contributed by atoms with Crippen LogP contribution in [-0.4, -0.2) is 23.0 Å². The first kappa shape index (κ1) is 23.4. The molecule has 1 N–H and O–H groups in total. The molecule has 3 aromatic rings. The van der Waals surface area contributed by atoms with Crippen LogP contribution in [0, 0.1) is 11.6 Å². The number of benzene rings is 3. The molecule has 8 heteroatoms. The quantitative estimate of drug-likeness (QED) is 0.364. The third-order valence-corrected chi connectivity index (χ3v) is 5.77. The minimum atomic E-state index is -0.792. The molecular formula is C26H22F2N2O3S. The molecule has 0 aromatic heterocycles. The van der Waals surface area contributed by atoms with Crippen molar-refractivity contribution in [1.82, 2.24) is 10.2 Å². The molecule has 1 atom stereocenters. The molecule has 34 heavy (non-hydrogen) atoms. The average molecular weight is 481 g/mol. The fourth-order valence-corrected chi connectivity index (χ4v) is 4.05. The van der Waals surface area contributed by atoms with Crippen LogP contribution in [-0.2, 0) is 11.4 Å². The molecule has 0 radical (unpaired) electrons. The van der Waals surface area contributed by atoms with E-state index in [2.05, 4.69) is 5.32 Å². The Kier molecular flexibility index (Phi) is 6.88. The lowest BCUT2D eigenvalue weighted by Crippen LogP contribution is -2.33. The molecule has 5 nitrogen and oxygen atoms in total. The summed E-state index contributed by atoms with van der Waals surface area (Å²) in [4.78, 5) is 14.6. The van der Waals surface area contributed by atoms with Crippen LogP contribution in [0.4, 0.5) is 8.78 Å². The molecular weight excluding hydrogens is 458 g/mol. The fourth-order valence-electron chi connectivity index (χ4n) is 3.70. The van der Waals surface area contributed by atoms with E-state index in [0.717, 1.165) is 17.7 Å². The van der Waals surface area contributed by atoms with Gasteiger partial charge in [0.1, 0.15) is 23.9 Å².